The molecule has 0 bridgehead atoms. The summed E-state index contributed by atoms with van der Waals surface area (Å²) in [5, 5.41) is 5.46. The Morgan fingerprint density at radius 3 is 2.63 bits per heavy atom. The molecule has 0 fully saturated rings. The molecule has 0 heterocycles. The Balaban J connectivity index is 2.18. The molecular formula is C15H24N2O2. The number of hydrogen-bond donors (Lipinski definition) is 2. The molecule has 0 radical (unpaired) electrons. The molecule has 0 saturated heterocycles. The second-order valence-corrected chi connectivity index (χ2v) is 4.67. The smallest absolute Gasteiger partial charge is 0.317 e. The van der Waals surface area contributed by atoms with Crippen molar-refractivity contribution in [3.8, 4) is 5.75 Å². The van der Waals surface area contributed by atoms with Gasteiger partial charge < -0.3 is 15.4 Å². The molecular weight excluding hydrogens is 240 g/mol. The Bertz CT molecular complexity index is 405. The van der Waals surface area contributed by atoms with Gasteiger partial charge in [0.05, 0.1) is 0 Å². The number of amides is 2. The molecule has 19 heavy (non-hydrogen) atoms. The molecule has 0 saturated carbocycles. The predicted molar refractivity (Wildman–Crippen MR) is 77.5 cm³/mol. The predicted octanol–water partition coefficient (Wildman–Crippen LogP) is 3.13. The average molecular weight is 264 g/mol. The third kappa shape index (κ3) is 6.13. The Kier molecular flexibility index (Phi) is 6.79. The first-order chi connectivity index (χ1) is 9.13. The first-order valence-electron chi connectivity index (χ1n) is 6.85. The molecule has 1 rings (SSSR count). The minimum atomic E-state index is -0.181. The molecule has 0 aromatic heterocycles. The normalized spacial score (nSPS) is 10.1. The fourth-order valence-corrected chi connectivity index (χ4v) is 1.63. The molecule has 1 aromatic carbocycles. The number of ether oxygens (including phenoxy) is 1. The van der Waals surface area contributed by atoms with Crippen LogP contribution in [0.1, 0.15) is 37.3 Å². The van der Waals surface area contributed by atoms with Crippen LogP contribution in [0.4, 0.5) is 4.79 Å². The van der Waals surface area contributed by atoms with Gasteiger partial charge in [0.15, 0.2) is 6.73 Å². The first kappa shape index (κ1) is 15.3. The first-order valence-corrected chi connectivity index (χ1v) is 6.85. The van der Waals surface area contributed by atoms with Crippen LogP contribution < -0.4 is 15.4 Å². The van der Waals surface area contributed by atoms with Gasteiger partial charge in [-0.25, -0.2) is 4.79 Å². The Hall–Kier alpha value is -1.71. The minimum absolute atomic E-state index is 0.181. The van der Waals surface area contributed by atoms with Crippen molar-refractivity contribution < 1.29 is 9.53 Å². The molecule has 4 nitrogen and oxygen atoms in total. The third-order valence-corrected chi connectivity index (χ3v) is 3.02. The average Bonchev–Trinajstić information content (AvgIpc) is 2.39. The third-order valence-electron chi connectivity index (χ3n) is 3.02. The van der Waals surface area contributed by atoms with Crippen LogP contribution in [0.2, 0.25) is 0 Å². The Labute approximate surface area is 115 Å². The van der Waals surface area contributed by atoms with Crippen molar-refractivity contribution in [1.82, 2.24) is 10.6 Å². The fraction of sp³-hybridized carbons (Fsp3) is 0.533. The summed E-state index contributed by atoms with van der Waals surface area (Å²) in [7, 11) is 0. The lowest BCUT2D eigenvalue weighted by Crippen LogP contribution is -2.38. The van der Waals surface area contributed by atoms with Crippen molar-refractivity contribution >= 4 is 6.03 Å². The molecule has 4 heteroatoms. The number of hydrogen-bond acceptors (Lipinski definition) is 2. The topological polar surface area (TPSA) is 50.4 Å². The van der Waals surface area contributed by atoms with E-state index >= 15 is 0 Å². The second kappa shape index (κ2) is 8.40. The maximum Gasteiger partial charge on any atom is 0.317 e. The molecule has 1 aromatic rings. The number of urea groups is 1. The molecule has 0 spiro atoms. The molecule has 2 N–H and O–H groups in total. The van der Waals surface area contributed by atoms with E-state index in [0.717, 1.165) is 25.0 Å². The van der Waals surface area contributed by atoms with Gasteiger partial charge in [-0.15, -0.1) is 0 Å². The lowest BCUT2D eigenvalue weighted by molar-refractivity contribution is 0.224. The Morgan fingerprint density at radius 1 is 1.16 bits per heavy atom. The zero-order valence-corrected chi connectivity index (χ0v) is 12.1. The second-order valence-electron chi connectivity index (χ2n) is 4.67. The van der Waals surface area contributed by atoms with E-state index in [1.165, 1.54) is 11.1 Å². The van der Waals surface area contributed by atoms with Crippen LogP contribution in [0, 0.1) is 13.8 Å². The van der Waals surface area contributed by atoms with Gasteiger partial charge in [0.1, 0.15) is 5.75 Å². The van der Waals surface area contributed by atoms with Gasteiger partial charge in [0.25, 0.3) is 0 Å². The van der Waals surface area contributed by atoms with E-state index in [-0.39, 0.29) is 12.8 Å². The van der Waals surface area contributed by atoms with E-state index < -0.39 is 0 Å². The van der Waals surface area contributed by atoms with E-state index in [1.54, 1.807) is 0 Å². The highest BCUT2D eigenvalue weighted by Gasteiger charge is 2.00. The largest absolute Gasteiger partial charge is 0.473 e. The number of nitrogens with one attached hydrogen (secondary N) is 2. The van der Waals surface area contributed by atoms with Crippen LogP contribution >= 0.6 is 0 Å². The summed E-state index contributed by atoms with van der Waals surface area (Å²) in [5.41, 5.74) is 2.41. The lowest BCUT2D eigenvalue weighted by atomic mass is 10.1. The van der Waals surface area contributed by atoms with Crippen molar-refractivity contribution in [2.45, 2.75) is 40.0 Å². The standard InChI is InChI=1S/C15H24N2O2/c1-4-5-6-9-16-15(18)17-11-19-14-8-7-12(2)13(3)10-14/h7-8,10H,4-6,9,11H2,1-3H3,(H2,16,17,18). The summed E-state index contributed by atoms with van der Waals surface area (Å²) in [6.07, 6.45) is 3.31. The van der Waals surface area contributed by atoms with Gasteiger partial charge in [-0.05, 0) is 43.5 Å². The highest BCUT2D eigenvalue weighted by molar-refractivity contribution is 5.73. The van der Waals surface area contributed by atoms with Crippen molar-refractivity contribution in [3.63, 3.8) is 0 Å². The van der Waals surface area contributed by atoms with E-state index in [4.69, 9.17) is 4.74 Å². The van der Waals surface area contributed by atoms with Crippen LogP contribution in [0.5, 0.6) is 5.75 Å². The maximum absolute atomic E-state index is 11.4. The van der Waals surface area contributed by atoms with Crippen molar-refractivity contribution in [1.29, 1.82) is 0 Å². The zero-order valence-electron chi connectivity index (χ0n) is 12.1. The van der Waals surface area contributed by atoms with Crippen LogP contribution in [0.15, 0.2) is 18.2 Å². The van der Waals surface area contributed by atoms with Crippen molar-refractivity contribution in [3.05, 3.63) is 29.3 Å². The highest BCUT2D eigenvalue weighted by Crippen LogP contribution is 2.15. The molecule has 0 atom stereocenters. The van der Waals surface area contributed by atoms with Gasteiger partial charge in [-0.2, -0.15) is 0 Å². The molecule has 106 valence electrons. The maximum atomic E-state index is 11.4. The number of carbonyl (C=O) groups excluding carboxylic acids is 1. The number of unbranched alkanes of at least 4 members (excludes halogenated alkanes) is 2. The Morgan fingerprint density at radius 2 is 1.95 bits per heavy atom. The van der Waals surface area contributed by atoms with Crippen molar-refractivity contribution in [2.75, 3.05) is 13.3 Å². The zero-order chi connectivity index (χ0) is 14.1. The van der Waals surface area contributed by atoms with Crippen LogP contribution in [-0.2, 0) is 0 Å². The molecule has 2 amide bonds. The van der Waals surface area contributed by atoms with E-state index in [0.29, 0.717) is 6.54 Å². The number of benzene rings is 1. The van der Waals surface area contributed by atoms with Gasteiger partial charge in [0, 0.05) is 6.54 Å². The summed E-state index contributed by atoms with van der Waals surface area (Å²) in [6.45, 7) is 7.13. The summed E-state index contributed by atoms with van der Waals surface area (Å²) in [6, 6.07) is 5.70. The monoisotopic (exact) mass is 264 g/mol. The molecule has 0 unspecified atom stereocenters. The summed E-state index contributed by atoms with van der Waals surface area (Å²) >= 11 is 0. The van der Waals surface area contributed by atoms with Crippen LogP contribution in [0.3, 0.4) is 0 Å². The SMILES string of the molecule is CCCCCNC(=O)NCOc1ccc(C)c(C)c1. The van der Waals surface area contributed by atoms with E-state index in [1.807, 2.05) is 25.1 Å². The van der Waals surface area contributed by atoms with Gasteiger partial charge in [-0.3, -0.25) is 0 Å². The molecule has 0 aliphatic carbocycles. The summed E-state index contributed by atoms with van der Waals surface area (Å²) in [4.78, 5) is 11.4. The van der Waals surface area contributed by atoms with Gasteiger partial charge >= 0.3 is 6.03 Å². The minimum Gasteiger partial charge on any atom is -0.473 e. The fourth-order valence-electron chi connectivity index (χ4n) is 1.63. The quantitative estimate of drug-likeness (QED) is 0.587. The number of carbonyl (C=O) groups is 1. The van der Waals surface area contributed by atoms with E-state index in [9.17, 15) is 4.79 Å². The highest BCUT2D eigenvalue weighted by atomic mass is 16.5. The molecule has 0 aliphatic rings. The number of rotatable bonds is 7. The number of aryl methyl sites for hydroxylation is 2. The lowest BCUT2D eigenvalue weighted by Gasteiger charge is -2.10. The van der Waals surface area contributed by atoms with E-state index in [2.05, 4.69) is 24.5 Å². The van der Waals surface area contributed by atoms with Crippen molar-refractivity contribution in [2.24, 2.45) is 0 Å². The van der Waals surface area contributed by atoms with Gasteiger partial charge in [-0.1, -0.05) is 25.8 Å². The van der Waals surface area contributed by atoms with Crippen LogP contribution in [0.25, 0.3) is 0 Å². The van der Waals surface area contributed by atoms with Crippen LogP contribution in [-0.4, -0.2) is 19.3 Å². The molecule has 0 aliphatic heterocycles. The summed E-state index contributed by atoms with van der Waals surface area (Å²) in [5.74, 6) is 0.773. The summed E-state index contributed by atoms with van der Waals surface area (Å²) < 4.78 is 5.47. The van der Waals surface area contributed by atoms with Gasteiger partial charge in [0.2, 0.25) is 0 Å².